The first-order chi connectivity index (χ1) is 19.2. The second-order valence-electron chi connectivity index (χ2n) is 10.3. The molecule has 5 rings (SSSR count). The maximum absolute atomic E-state index is 13.9. The Bertz CT molecular complexity index is 1630. The zero-order chi connectivity index (χ0) is 28.4. The largest absolute Gasteiger partial charge is 0.302 e. The number of sulfonamides is 1. The Kier molecular flexibility index (Phi) is 9.87. The van der Waals surface area contributed by atoms with E-state index in [4.69, 9.17) is 4.98 Å². The summed E-state index contributed by atoms with van der Waals surface area (Å²) in [7, 11) is -3.68. The summed E-state index contributed by atoms with van der Waals surface area (Å²) < 4.78 is 29.5. The molecular formula is C31H37ClN4O3S2. The molecule has 0 spiro atoms. The van der Waals surface area contributed by atoms with Crippen LogP contribution in [0.5, 0.6) is 0 Å². The van der Waals surface area contributed by atoms with Crippen molar-refractivity contribution in [3.05, 3.63) is 88.5 Å². The number of halogens is 1. The van der Waals surface area contributed by atoms with E-state index in [0.29, 0.717) is 36.8 Å². The average Bonchev–Trinajstić information content (AvgIpc) is 3.39. The number of aromatic nitrogens is 1. The fourth-order valence-corrected chi connectivity index (χ4v) is 7.75. The number of anilines is 1. The van der Waals surface area contributed by atoms with Crippen molar-refractivity contribution in [2.75, 3.05) is 37.6 Å². The van der Waals surface area contributed by atoms with Gasteiger partial charge in [-0.05, 0) is 85.9 Å². The van der Waals surface area contributed by atoms with Gasteiger partial charge >= 0.3 is 0 Å². The van der Waals surface area contributed by atoms with Gasteiger partial charge in [0.15, 0.2) is 5.13 Å². The van der Waals surface area contributed by atoms with Crippen LogP contribution in [0.25, 0.3) is 10.2 Å². The third-order valence-corrected chi connectivity index (χ3v) is 10.7. The van der Waals surface area contributed by atoms with Crippen LogP contribution in [0, 0.1) is 13.8 Å². The third kappa shape index (κ3) is 6.49. The first kappa shape index (κ1) is 31.1. The van der Waals surface area contributed by atoms with E-state index in [1.54, 1.807) is 29.2 Å². The van der Waals surface area contributed by atoms with E-state index in [-0.39, 0.29) is 23.2 Å². The number of aryl methyl sites for hydroxylation is 2. The number of thiazole rings is 1. The Hall–Kier alpha value is -2.82. The van der Waals surface area contributed by atoms with Gasteiger partial charge in [-0.2, -0.15) is 4.31 Å². The number of hydrogen-bond acceptors (Lipinski definition) is 6. The van der Waals surface area contributed by atoms with Gasteiger partial charge in [-0.15, -0.1) is 12.4 Å². The summed E-state index contributed by atoms with van der Waals surface area (Å²) in [6, 6.07) is 18.5. The first-order valence-corrected chi connectivity index (χ1v) is 16.1. The van der Waals surface area contributed by atoms with Crippen LogP contribution >= 0.6 is 23.7 Å². The van der Waals surface area contributed by atoms with E-state index >= 15 is 0 Å². The van der Waals surface area contributed by atoms with Gasteiger partial charge in [0, 0.05) is 31.7 Å². The first-order valence-electron chi connectivity index (χ1n) is 13.8. The van der Waals surface area contributed by atoms with E-state index in [1.165, 1.54) is 21.2 Å². The highest BCUT2D eigenvalue weighted by atomic mass is 35.5. The number of hydrogen-bond donors (Lipinski definition) is 0. The van der Waals surface area contributed by atoms with Gasteiger partial charge < -0.3 is 4.90 Å². The number of rotatable bonds is 9. The minimum atomic E-state index is -3.68. The second kappa shape index (κ2) is 13.0. The minimum Gasteiger partial charge on any atom is -0.302 e. The highest BCUT2D eigenvalue weighted by molar-refractivity contribution is 7.89. The van der Waals surface area contributed by atoms with Crippen LogP contribution in [0.15, 0.2) is 65.6 Å². The van der Waals surface area contributed by atoms with Gasteiger partial charge in [0.2, 0.25) is 10.0 Å². The number of benzene rings is 3. The highest BCUT2D eigenvalue weighted by Gasteiger charge is 2.29. The Balaban J connectivity index is 0.00000387. The number of nitrogens with zero attached hydrogens (tertiary/aromatic N) is 4. The van der Waals surface area contributed by atoms with Gasteiger partial charge in [0.25, 0.3) is 5.91 Å². The molecule has 1 amide bonds. The molecule has 0 atom stereocenters. The number of fused-ring (bicyclic) bond motifs is 2. The quantitative estimate of drug-likeness (QED) is 0.229. The molecule has 0 saturated heterocycles. The summed E-state index contributed by atoms with van der Waals surface area (Å²) in [4.78, 5) is 22.9. The second-order valence-corrected chi connectivity index (χ2v) is 13.2. The number of carbonyl (C=O) groups is 1. The molecule has 0 aliphatic carbocycles. The van der Waals surface area contributed by atoms with E-state index in [2.05, 4.69) is 37.8 Å². The molecule has 0 radical (unpaired) electrons. The smallest absolute Gasteiger partial charge is 0.260 e. The van der Waals surface area contributed by atoms with Crippen molar-refractivity contribution in [2.45, 2.75) is 45.6 Å². The van der Waals surface area contributed by atoms with Gasteiger partial charge in [0.1, 0.15) is 0 Å². The maximum Gasteiger partial charge on any atom is 0.260 e. The monoisotopic (exact) mass is 612 g/mol. The molecule has 3 aromatic carbocycles. The lowest BCUT2D eigenvalue weighted by atomic mass is 10.0. The van der Waals surface area contributed by atoms with Crippen LogP contribution in [0.3, 0.4) is 0 Å². The fourth-order valence-electron chi connectivity index (χ4n) is 5.30. The van der Waals surface area contributed by atoms with Crippen molar-refractivity contribution >= 4 is 55.0 Å². The van der Waals surface area contributed by atoms with E-state index in [1.807, 2.05) is 31.2 Å². The SMILES string of the molecule is CCN(CC)CCN(C(=O)c1ccc(S(=O)(=O)N2CCc3ccccc3C2)cc1)c1nc2cc(C)cc(C)c2s1.Cl. The predicted molar refractivity (Wildman–Crippen MR) is 170 cm³/mol. The van der Waals surface area contributed by atoms with Crippen molar-refractivity contribution < 1.29 is 13.2 Å². The van der Waals surface area contributed by atoms with Crippen molar-refractivity contribution in [1.82, 2.24) is 14.2 Å². The molecule has 0 fully saturated rings. The van der Waals surface area contributed by atoms with E-state index < -0.39 is 10.0 Å². The highest BCUT2D eigenvalue weighted by Crippen LogP contribution is 2.33. The average molecular weight is 613 g/mol. The van der Waals surface area contributed by atoms with Gasteiger partial charge in [-0.25, -0.2) is 13.4 Å². The lowest BCUT2D eigenvalue weighted by Crippen LogP contribution is -2.39. The molecule has 41 heavy (non-hydrogen) atoms. The van der Waals surface area contributed by atoms with Crippen LogP contribution in [0.2, 0.25) is 0 Å². The molecule has 218 valence electrons. The van der Waals surface area contributed by atoms with Crippen LogP contribution in [-0.4, -0.2) is 61.2 Å². The third-order valence-electron chi connectivity index (χ3n) is 7.65. The summed E-state index contributed by atoms with van der Waals surface area (Å²) in [5.41, 5.74) is 5.84. The molecule has 7 nitrogen and oxygen atoms in total. The lowest BCUT2D eigenvalue weighted by Gasteiger charge is -2.28. The standard InChI is InChI=1S/C31H36N4O3S2.ClH/c1-5-33(6-2)17-18-35(31-32-28-20-22(3)19-23(4)29(28)39-31)30(36)25-11-13-27(14-12-25)40(37,38)34-16-15-24-9-7-8-10-26(24)21-34;/h7-14,19-20H,5-6,15-18,21H2,1-4H3;1H. The molecule has 0 bridgehead atoms. The molecule has 10 heteroatoms. The van der Waals surface area contributed by atoms with Crippen molar-refractivity contribution in [2.24, 2.45) is 0 Å². The van der Waals surface area contributed by atoms with E-state index in [0.717, 1.165) is 46.5 Å². The van der Waals surface area contributed by atoms with Crippen molar-refractivity contribution in [3.63, 3.8) is 0 Å². The Morgan fingerprint density at radius 2 is 1.66 bits per heavy atom. The molecule has 0 unspecified atom stereocenters. The van der Waals surface area contributed by atoms with Crippen LogP contribution in [-0.2, 0) is 23.0 Å². The molecule has 0 saturated carbocycles. The van der Waals surface area contributed by atoms with E-state index in [9.17, 15) is 13.2 Å². The number of likely N-dealkylation sites (N-methyl/N-ethyl adjacent to an activating group) is 1. The van der Waals surface area contributed by atoms with Crippen molar-refractivity contribution in [1.29, 1.82) is 0 Å². The summed E-state index contributed by atoms with van der Waals surface area (Å²) in [6.07, 6.45) is 0.689. The lowest BCUT2D eigenvalue weighted by molar-refractivity contribution is 0.0983. The zero-order valence-corrected chi connectivity index (χ0v) is 26.4. The fraction of sp³-hybridized carbons (Fsp3) is 0.355. The molecule has 2 heterocycles. The molecule has 1 aliphatic rings. The minimum absolute atomic E-state index is 0. The zero-order valence-electron chi connectivity index (χ0n) is 24.0. The molecular weight excluding hydrogens is 576 g/mol. The number of amides is 1. The molecule has 1 aromatic heterocycles. The van der Waals surface area contributed by atoms with Gasteiger partial charge in [-0.1, -0.05) is 55.5 Å². The summed E-state index contributed by atoms with van der Waals surface area (Å²) >= 11 is 1.52. The summed E-state index contributed by atoms with van der Waals surface area (Å²) in [6.45, 7) is 12.1. The Morgan fingerprint density at radius 1 is 0.976 bits per heavy atom. The van der Waals surface area contributed by atoms with Gasteiger partial charge in [-0.3, -0.25) is 9.69 Å². The maximum atomic E-state index is 13.9. The summed E-state index contributed by atoms with van der Waals surface area (Å²) in [5.74, 6) is -0.184. The Labute approximate surface area is 253 Å². The van der Waals surface area contributed by atoms with Crippen molar-refractivity contribution in [3.8, 4) is 0 Å². The van der Waals surface area contributed by atoms with Crippen LogP contribution in [0.1, 0.15) is 46.5 Å². The number of carbonyl (C=O) groups excluding carboxylic acids is 1. The van der Waals surface area contributed by atoms with Crippen LogP contribution in [0.4, 0.5) is 5.13 Å². The van der Waals surface area contributed by atoms with Crippen LogP contribution < -0.4 is 4.90 Å². The molecule has 1 aliphatic heterocycles. The molecule has 4 aromatic rings. The summed E-state index contributed by atoms with van der Waals surface area (Å²) in [5, 5.41) is 0.657. The van der Waals surface area contributed by atoms with Gasteiger partial charge in [0.05, 0.1) is 15.1 Å². The topological polar surface area (TPSA) is 73.8 Å². The Morgan fingerprint density at radius 3 is 2.34 bits per heavy atom. The predicted octanol–water partition coefficient (Wildman–Crippen LogP) is 6.07. The normalized spacial score (nSPS) is 13.7. The molecule has 0 N–H and O–H groups in total.